The minimum absolute atomic E-state index is 0.100. The lowest BCUT2D eigenvalue weighted by atomic mass is 10.0. The van der Waals surface area contributed by atoms with Crippen molar-refractivity contribution in [3.8, 4) is 11.5 Å². The smallest absolute Gasteiger partial charge is 0.173 e. The Morgan fingerprint density at radius 3 is 2.60 bits per heavy atom. The van der Waals surface area contributed by atoms with Gasteiger partial charge in [0.1, 0.15) is 11.9 Å². The molecule has 2 saturated heterocycles. The van der Waals surface area contributed by atoms with Crippen molar-refractivity contribution >= 4 is 5.69 Å². The van der Waals surface area contributed by atoms with Crippen molar-refractivity contribution in [3.63, 3.8) is 0 Å². The second-order valence-corrected chi connectivity index (χ2v) is 8.81. The maximum atomic E-state index is 14.4. The van der Waals surface area contributed by atoms with Gasteiger partial charge in [0.15, 0.2) is 17.3 Å². The van der Waals surface area contributed by atoms with Crippen LogP contribution in [-0.4, -0.2) is 78.2 Å². The van der Waals surface area contributed by atoms with Crippen LogP contribution in [0.3, 0.4) is 0 Å². The molecule has 1 aromatic heterocycles. The van der Waals surface area contributed by atoms with Crippen LogP contribution < -0.4 is 14.4 Å². The van der Waals surface area contributed by atoms with E-state index in [9.17, 15) is 4.39 Å². The van der Waals surface area contributed by atoms with E-state index in [0.29, 0.717) is 49.9 Å². The summed E-state index contributed by atoms with van der Waals surface area (Å²) in [5, 5.41) is 12.8. The number of benzene rings is 2. The highest BCUT2D eigenvalue weighted by Gasteiger charge is 2.34. The number of ether oxygens (including phenoxy) is 3. The van der Waals surface area contributed by atoms with Crippen molar-refractivity contribution in [1.82, 2.24) is 25.1 Å². The van der Waals surface area contributed by atoms with Crippen LogP contribution >= 0.6 is 0 Å². The summed E-state index contributed by atoms with van der Waals surface area (Å²) in [7, 11) is 3.27. The van der Waals surface area contributed by atoms with Crippen LogP contribution in [0.4, 0.5) is 10.1 Å². The van der Waals surface area contributed by atoms with Crippen LogP contribution in [0.15, 0.2) is 42.5 Å². The fourth-order valence-electron chi connectivity index (χ4n) is 5.07. The van der Waals surface area contributed by atoms with Crippen LogP contribution in [0.2, 0.25) is 0 Å². The number of hydrogen-bond donors (Lipinski definition) is 0. The summed E-state index contributed by atoms with van der Waals surface area (Å²) in [6.45, 7) is 4.12. The summed E-state index contributed by atoms with van der Waals surface area (Å²) in [6.07, 6.45) is 2.14. The van der Waals surface area contributed by atoms with E-state index in [0.717, 1.165) is 30.8 Å². The molecule has 0 saturated carbocycles. The summed E-state index contributed by atoms with van der Waals surface area (Å²) >= 11 is 0. The number of halogens is 1. The SMILES string of the molecule is COc1cccc([C@@H](c2nnnn2C[C@H]2CCCO2)N2CCN(c3ccccc3F)CC2)c1OC. The Morgan fingerprint density at radius 1 is 1.06 bits per heavy atom. The van der Waals surface area contributed by atoms with Gasteiger partial charge in [-0.1, -0.05) is 24.3 Å². The highest BCUT2D eigenvalue weighted by Crippen LogP contribution is 2.40. The maximum absolute atomic E-state index is 14.4. The van der Waals surface area contributed by atoms with E-state index < -0.39 is 0 Å². The van der Waals surface area contributed by atoms with Crippen molar-refractivity contribution in [3.05, 3.63) is 59.7 Å². The van der Waals surface area contributed by atoms with Gasteiger partial charge in [-0.15, -0.1) is 5.10 Å². The zero-order chi connectivity index (χ0) is 24.2. The first kappa shape index (κ1) is 23.5. The van der Waals surface area contributed by atoms with Crippen molar-refractivity contribution in [2.45, 2.75) is 31.5 Å². The molecule has 0 spiro atoms. The lowest BCUT2D eigenvalue weighted by Crippen LogP contribution is -2.48. The van der Waals surface area contributed by atoms with Crippen molar-refractivity contribution in [2.24, 2.45) is 0 Å². The quantitative estimate of drug-likeness (QED) is 0.485. The fraction of sp³-hybridized carbons (Fsp3) is 0.480. The van der Waals surface area contributed by atoms with Gasteiger partial charge in [-0.3, -0.25) is 4.90 Å². The third-order valence-electron chi connectivity index (χ3n) is 6.81. The van der Waals surface area contributed by atoms with E-state index in [1.807, 2.05) is 35.0 Å². The van der Waals surface area contributed by atoms with Crippen molar-refractivity contribution < 1.29 is 18.6 Å². The van der Waals surface area contributed by atoms with E-state index in [1.54, 1.807) is 20.3 Å². The molecule has 0 unspecified atom stereocenters. The first-order chi connectivity index (χ1) is 17.2. The molecule has 10 heteroatoms. The summed E-state index contributed by atoms with van der Waals surface area (Å²) < 4.78 is 33.5. The Labute approximate surface area is 204 Å². The van der Waals surface area contributed by atoms with Gasteiger partial charge >= 0.3 is 0 Å². The highest BCUT2D eigenvalue weighted by atomic mass is 19.1. The van der Waals surface area contributed by atoms with Gasteiger partial charge in [0.25, 0.3) is 0 Å². The minimum Gasteiger partial charge on any atom is -0.493 e. The monoisotopic (exact) mass is 482 g/mol. The average Bonchev–Trinajstić information content (AvgIpc) is 3.58. The van der Waals surface area contributed by atoms with Crippen molar-refractivity contribution in [1.29, 1.82) is 0 Å². The van der Waals surface area contributed by atoms with Gasteiger partial charge in [-0.25, -0.2) is 9.07 Å². The lowest BCUT2D eigenvalue weighted by molar-refractivity contribution is 0.0906. The first-order valence-corrected chi connectivity index (χ1v) is 12.0. The minimum atomic E-state index is -0.265. The predicted octanol–water partition coefficient (Wildman–Crippen LogP) is 2.92. The molecule has 2 aromatic carbocycles. The summed E-state index contributed by atoms with van der Waals surface area (Å²) in [4.78, 5) is 4.41. The Hall–Kier alpha value is -3.24. The summed E-state index contributed by atoms with van der Waals surface area (Å²) in [5.74, 6) is 1.83. The molecule has 2 atom stereocenters. The number of methoxy groups -OCH3 is 2. The summed E-state index contributed by atoms with van der Waals surface area (Å²) in [5.41, 5.74) is 1.56. The molecule has 0 amide bonds. The molecule has 2 aliphatic rings. The van der Waals surface area contributed by atoms with Gasteiger partial charge in [-0.2, -0.15) is 0 Å². The third-order valence-corrected chi connectivity index (χ3v) is 6.81. The van der Waals surface area contributed by atoms with Gasteiger partial charge in [0, 0.05) is 38.3 Å². The Bertz CT molecular complexity index is 1130. The maximum Gasteiger partial charge on any atom is 0.173 e. The van der Waals surface area contributed by atoms with Gasteiger partial charge in [-0.05, 0) is 41.5 Å². The first-order valence-electron chi connectivity index (χ1n) is 12.0. The number of aromatic nitrogens is 4. The molecule has 0 aliphatic carbocycles. The van der Waals surface area contributed by atoms with E-state index in [-0.39, 0.29) is 18.0 Å². The number of anilines is 1. The van der Waals surface area contributed by atoms with E-state index >= 15 is 0 Å². The topological polar surface area (TPSA) is 77.8 Å². The Balaban J connectivity index is 1.48. The molecule has 3 aromatic rings. The second-order valence-electron chi connectivity index (χ2n) is 8.81. The van der Waals surface area contributed by atoms with E-state index in [4.69, 9.17) is 14.2 Å². The van der Waals surface area contributed by atoms with Gasteiger partial charge in [0.05, 0.1) is 32.6 Å². The fourth-order valence-corrected chi connectivity index (χ4v) is 5.07. The average molecular weight is 483 g/mol. The van der Waals surface area contributed by atoms with Crippen LogP contribution in [0.25, 0.3) is 0 Å². The summed E-state index contributed by atoms with van der Waals surface area (Å²) in [6, 6.07) is 12.5. The molecule has 0 bridgehead atoms. The molecule has 3 heterocycles. The molecule has 35 heavy (non-hydrogen) atoms. The third kappa shape index (κ3) is 4.81. The zero-order valence-corrected chi connectivity index (χ0v) is 20.1. The molecule has 5 rings (SSSR count). The molecule has 186 valence electrons. The number of para-hydroxylation sites is 2. The molecule has 2 aliphatic heterocycles. The molecular formula is C25H31FN6O3. The number of tetrazole rings is 1. The molecule has 9 nitrogen and oxygen atoms in total. The molecule has 2 fully saturated rings. The van der Waals surface area contributed by atoms with Gasteiger partial charge in [0.2, 0.25) is 0 Å². The molecular weight excluding hydrogens is 451 g/mol. The Kier molecular flexibility index (Phi) is 7.10. The van der Waals surface area contributed by atoms with E-state index in [2.05, 4.69) is 25.3 Å². The molecule has 0 radical (unpaired) electrons. The van der Waals surface area contributed by atoms with Crippen molar-refractivity contribution in [2.75, 3.05) is 51.9 Å². The molecule has 0 N–H and O–H groups in total. The van der Waals surface area contributed by atoms with E-state index in [1.165, 1.54) is 6.07 Å². The van der Waals surface area contributed by atoms with Crippen LogP contribution in [0, 0.1) is 5.82 Å². The van der Waals surface area contributed by atoms with Crippen LogP contribution in [0.1, 0.15) is 30.3 Å². The Morgan fingerprint density at radius 2 is 1.89 bits per heavy atom. The zero-order valence-electron chi connectivity index (χ0n) is 20.1. The number of hydrogen-bond acceptors (Lipinski definition) is 8. The normalized spacial score (nSPS) is 19.6. The van der Waals surface area contributed by atoms with Gasteiger partial charge < -0.3 is 19.1 Å². The largest absolute Gasteiger partial charge is 0.493 e. The van der Waals surface area contributed by atoms with Crippen LogP contribution in [-0.2, 0) is 11.3 Å². The predicted molar refractivity (Wildman–Crippen MR) is 128 cm³/mol. The standard InChI is InChI=1S/C25H31FN6O3/c1-33-22-11-5-8-19(24(22)34-2)23(25-27-28-29-32(25)17-18-7-6-16-35-18)31-14-12-30(13-15-31)21-10-4-3-9-20(21)26/h3-5,8-11,18,23H,6-7,12-17H2,1-2H3/t18-,23+/m1/s1. The van der Waals surface area contributed by atoms with Crippen LogP contribution in [0.5, 0.6) is 11.5 Å². The second kappa shape index (κ2) is 10.6. The number of rotatable bonds is 8. The lowest BCUT2D eigenvalue weighted by Gasteiger charge is -2.40. The number of nitrogens with zero attached hydrogens (tertiary/aromatic N) is 6. The number of piperazine rings is 1. The highest BCUT2D eigenvalue weighted by molar-refractivity contribution is 5.50.